The molecule has 5 rings (SSSR count). The van der Waals surface area contributed by atoms with Gasteiger partial charge in [0, 0.05) is 55.1 Å². The Morgan fingerprint density at radius 3 is 2.79 bits per heavy atom. The molecule has 196 valence electrons. The lowest BCUT2D eigenvalue weighted by molar-refractivity contribution is -0.130. The number of nitrogen functional groups attached to an aromatic ring is 1. The minimum Gasteiger partial charge on any atom is -0.382 e. The van der Waals surface area contributed by atoms with Gasteiger partial charge < -0.3 is 20.9 Å². The van der Waals surface area contributed by atoms with Crippen molar-refractivity contribution < 1.29 is 9.59 Å². The van der Waals surface area contributed by atoms with Gasteiger partial charge in [0.2, 0.25) is 5.91 Å². The maximum Gasteiger partial charge on any atom is 0.256 e. The second-order valence-corrected chi connectivity index (χ2v) is 9.83. The third-order valence-electron chi connectivity index (χ3n) is 6.82. The highest BCUT2D eigenvalue weighted by molar-refractivity contribution is 6.04. The first kappa shape index (κ1) is 25.3. The van der Waals surface area contributed by atoms with Gasteiger partial charge in [0.15, 0.2) is 0 Å². The van der Waals surface area contributed by atoms with Crippen LogP contribution < -0.4 is 11.1 Å². The molecule has 1 saturated heterocycles. The Morgan fingerprint density at radius 1 is 1.13 bits per heavy atom. The number of nitrogens with two attached hydrogens (primary N) is 1. The SMILES string of the molecule is CN(C)CCCC(=O)N1CCC(c2nc(-c3cccc(C(=O)Nc4ccccn4)c3)c3c(N)nccn23)C1. The van der Waals surface area contributed by atoms with E-state index < -0.39 is 0 Å². The Kier molecular flexibility index (Phi) is 7.32. The number of hydrogen-bond acceptors (Lipinski definition) is 7. The van der Waals surface area contributed by atoms with Gasteiger partial charge in [-0.3, -0.25) is 14.0 Å². The number of nitrogens with zero attached hydrogens (tertiary/aromatic N) is 6. The van der Waals surface area contributed by atoms with Gasteiger partial charge in [0.05, 0.1) is 0 Å². The molecule has 10 heteroatoms. The van der Waals surface area contributed by atoms with E-state index in [2.05, 4.69) is 20.2 Å². The smallest absolute Gasteiger partial charge is 0.256 e. The molecule has 1 aliphatic heterocycles. The number of carbonyl (C=O) groups excluding carboxylic acids is 2. The van der Waals surface area contributed by atoms with E-state index in [0.717, 1.165) is 30.8 Å². The third-order valence-corrected chi connectivity index (χ3v) is 6.82. The quantitative estimate of drug-likeness (QED) is 0.372. The van der Waals surface area contributed by atoms with Crippen LogP contribution in [0.25, 0.3) is 16.8 Å². The lowest BCUT2D eigenvalue weighted by Gasteiger charge is -2.17. The van der Waals surface area contributed by atoms with Crippen molar-refractivity contribution in [3.8, 4) is 11.3 Å². The van der Waals surface area contributed by atoms with Crippen molar-refractivity contribution in [3.63, 3.8) is 0 Å². The number of fused-ring (bicyclic) bond motifs is 1. The summed E-state index contributed by atoms with van der Waals surface area (Å²) in [5.74, 6) is 1.68. The number of pyridine rings is 1. The van der Waals surface area contributed by atoms with Gasteiger partial charge >= 0.3 is 0 Å². The minimum atomic E-state index is -0.264. The lowest BCUT2D eigenvalue weighted by Crippen LogP contribution is -2.29. The Morgan fingerprint density at radius 2 is 2.00 bits per heavy atom. The summed E-state index contributed by atoms with van der Waals surface area (Å²) in [4.78, 5) is 43.2. The third kappa shape index (κ3) is 5.35. The highest BCUT2D eigenvalue weighted by Gasteiger charge is 2.31. The number of likely N-dealkylation sites (tertiary alicyclic amines) is 1. The normalized spacial score (nSPS) is 15.3. The standard InChI is InChI=1S/C28H32N8O2/c1-34(2)14-6-10-23(37)35-15-11-21(18-35)27-33-24(25-26(29)31-13-16-36(25)27)19-7-5-8-20(17-19)28(38)32-22-9-3-4-12-30-22/h3-5,7-9,12-13,16-17,21H,6,10-11,14-15,18H2,1-2H3,(H2,29,31)(H,30,32,38). The predicted octanol–water partition coefficient (Wildman–Crippen LogP) is 3.28. The average molecular weight is 513 g/mol. The van der Waals surface area contributed by atoms with Crippen molar-refractivity contribution in [2.75, 3.05) is 44.8 Å². The van der Waals surface area contributed by atoms with Crippen LogP contribution in [-0.2, 0) is 4.79 Å². The van der Waals surface area contributed by atoms with E-state index in [1.807, 2.05) is 47.8 Å². The predicted molar refractivity (Wildman–Crippen MR) is 147 cm³/mol. The van der Waals surface area contributed by atoms with Gasteiger partial charge in [-0.1, -0.05) is 18.2 Å². The summed E-state index contributed by atoms with van der Waals surface area (Å²) in [5.41, 5.74) is 8.93. The summed E-state index contributed by atoms with van der Waals surface area (Å²) in [5, 5.41) is 2.82. The topological polar surface area (TPSA) is 122 Å². The van der Waals surface area contributed by atoms with Gasteiger partial charge in [-0.15, -0.1) is 0 Å². The van der Waals surface area contributed by atoms with Crippen LogP contribution in [0.3, 0.4) is 0 Å². The molecule has 0 saturated carbocycles. The summed E-state index contributed by atoms with van der Waals surface area (Å²) in [6, 6.07) is 12.6. The van der Waals surface area contributed by atoms with Crippen LogP contribution in [0.1, 0.15) is 41.4 Å². The molecule has 0 radical (unpaired) electrons. The molecule has 0 bridgehead atoms. The van der Waals surface area contributed by atoms with E-state index in [0.29, 0.717) is 47.9 Å². The van der Waals surface area contributed by atoms with Crippen LogP contribution in [0.15, 0.2) is 61.1 Å². The zero-order valence-electron chi connectivity index (χ0n) is 21.7. The van der Waals surface area contributed by atoms with Crippen molar-refractivity contribution in [3.05, 3.63) is 72.4 Å². The molecule has 0 aliphatic carbocycles. The van der Waals surface area contributed by atoms with Gasteiger partial charge in [0.25, 0.3) is 5.91 Å². The molecule has 1 aromatic carbocycles. The lowest BCUT2D eigenvalue weighted by atomic mass is 10.1. The number of aromatic nitrogens is 4. The van der Waals surface area contributed by atoms with Crippen molar-refractivity contribution in [1.29, 1.82) is 0 Å². The van der Waals surface area contributed by atoms with E-state index in [1.165, 1.54) is 0 Å². The van der Waals surface area contributed by atoms with Crippen LogP contribution >= 0.6 is 0 Å². The van der Waals surface area contributed by atoms with Gasteiger partial charge in [0.1, 0.15) is 28.7 Å². The van der Waals surface area contributed by atoms with Crippen LogP contribution in [0, 0.1) is 0 Å². The van der Waals surface area contributed by atoms with E-state index in [4.69, 9.17) is 10.7 Å². The highest BCUT2D eigenvalue weighted by atomic mass is 16.2. The molecule has 1 aliphatic rings. The molecular formula is C28H32N8O2. The monoisotopic (exact) mass is 512 g/mol. The number of nitrogens with one attached hydrogen (secondary N) is 1. The number of benzene rings is 1. The molecule has 1 fully saturated rings. The number of imidazole rings is 1. The summed E-state index contributed by atoms with van der Waals surface area (Å²) in [6.45, 7) is 2.22. The summed E-state index contributed by atoms with van der Waals surface area (Å²) < 4.78 is 1.98. The molecule has 1 atom stereocenters. The number of anilines is 2. The van der Waals surface area contributed by atoms with E-state index in [9.17, 15) is 9.59 Å². The Balaban J connectivity index is 1.41. The number of amides is 2. The molecule has 2 amide bonds. The number of rotatable bonds is 8. The zero-order chi connectivity index (χ0) is 26.6. The zero-order valence-corrected chi connectivity index (χ0v) is 21.7. The number of carbonyl (C=O) groups is 2. The maximum absolute atomic E-state index is 12.9. The fourth-order valence-electron chi connectivity index (χ4n) is 4.91. The minimum absolute atomic E-state index is 0.0754. The van der Waals surface area contributed by atoms with Gasteiger partial charge in [-0.05, 0) is 57.7 Å². The maximum atomic E-state index is 12.9. The molecule has 38 heavy (non-hydrogen) atoms. The van der Waals surface area contributed by atoms with Crippen LogP contribution in [0.5, 0.6) is 0 Å². The van der Waals surface area contributed by atoms with E-state index in [-0.39, 0.29) is 17.7 Å². The Hall–Kier alpha value is -4.31. The van der Waals surface area contributed by atoms with Crippen molar-refractivity contribution in [2.24, 2.45) is 0 Å². The molecule has 0 spiro atoms. The molecule has 10 nitrogen and oxygen atoms in total. The van der Waals surface area contributed by atoms with Crippen molar-refractivity contribution >= 4 is 29.0 Å². The van der Waals surface area contributed by atoms with Crippen molar-refractivity contribution in [1.82, 2.24) is 29.2 Å². The second kappa shape index (κ2) is 11.0. The summed E-state index contributed by atoms with van der Waals surface area (Å²) in [6.07, 6.45) is 7.36. The van der Waals surface area contributed by atoms with Gasteiger partial charge in [-0.2, -0.15) is 0 Å². The van der Waals surface area contributed by atoms with Crippen LogP contribution in [-0.4, -0.2) is 74.7 Å². The first-order valence-electron chi connectivity index (χ1n) is 12.8. The molecule has 1 unspecified atom stereocenters. The van der Waals surface area contributed by atoms with E-state index >= 15 is 0 Å². The molecular weight excluding hydrogens is 480 g/mol. The summed E-state index contributed by atoms with van der Waals surface area (Å²) in [7, 11) is 4.03. The fraction of sp³-hybridized carbons (Fsp3) is 0.321. The average Bonchev–Trinajstić information content (AvgIpc) is 3.55. The first-order chi connectivity index (χ1) is 18.4. The molecule has 4 heterocycles. The molecule has 3 N–H and O–H groups in total. The highest BCUT2D eigenvalue weighted by Crippen LogP contribution is 2.34. The second-order valence-electron chi connectivity index (χ2n) is 9.83. The Labute approximate surface area is 221 Å². The number of hydrogen-bond donors (Lipinski definition) is 2. The van der Waals surface area contributed by atoms with Crippen molar-refractivity contribution in [2.45, 2.75) is 25.2 Å². The summed E-state index contributed by atoms with van der Waals surface area (Å²) >= 11 is 0. The molecule has 4 aromatic rings. The molecule has 3 aromatic heterocycles. The Bertz CT molecular complexity index is 1450. The van der Waals surface area contributed by atoms with E-state index in [1.54, 1.807) is 36.7 Å². The fourth-order valence-corrected chi connectivity index (χ4v) is 4.91. The van der Waals surface area contributed by atoms with Gasteiger partial charge in [-0.25, -0.2) is 15.0 Å². The van der Waals surface area contributed by atoms with Crippen LogP contribution in [0.4, 0.5) is 11.6 Å². The largest absolute Gasteiger partial charge is 0.382 e. The van der Waals surface area contributed by atoms with Crippen LogP contribution in [0.2, 0.25) is 0 Å². The first-order valence-corrected chi connectivity index (χ1v) is 12.8.